The summed E-state index contributed by atoms with van der Waals surface area (Å²) < 4.78 is 1.55. The van der Waals surface area contributed by atoms with Crippen LogP contribution in [-0.2, 0) is 11.3 Å². The minimum Gasteiger partial charge on any atom is -0.356 e. The summed E-state index contributed by atoms with van der Waals surface area (Å²) in [5, 5.41) is 3.71. The van der Waals surface area contributed by atoms with Crippen LogP contribution in [0.3, 0.4) is 0 Å². The van der Waals surface area contributed by atoms with Gasteiger partial charge in [0.2, 0.25) is 5.91 Å². The third-order valence-corrected chi connectivity index (χ3v) is 6.52. The molecule has 0 bridgehead atoms. The highest BCUT2D eigenvalue weighted by atomic mass is 32.1. The maximum Gasteiger partial charge on any atom is 0.262 e. The fourth-order valence-electron chi connectivity index (χ4n) is 3.68. The van der Waals surface area contributed by atoms with Crippen molar-refractivity contribution in [3.05, 3.63) is 27.1 Å². The lowest BCUT2D eigenvalue weighted by Crippen LogP contribution is -2.38. The van der Waals surface area contributed by atoms with E-state index in [0.29, 0.717) is 30.8 Å². The topological polar surface area (TPSA) is 67.2 Å². The van der Waals surface area contributed by atoms with Gasteiger partial charge in [-0.25, -0.2) is 4.98 Å². The molecule has 1 aliphatic rings. The van der Waals surface area contributed by atoms with Crippen LogP contribution in [0.25, 0.3) is 10.2 Å². The average Bonchev–Trinajstić information content (AvgIpc) is 2.95. The zero-order valence-electron chi connectivity index (χ0n) is 16.6. The molecule has 1 unspecified atom stereocenters. The molecule has 0 aliphatic carbocycles. The summed E-state index contributed by atoms with van der Waals surface area (Å²) >= 11 is 1.54. The van der Waals surface area contributed by atoms with Gasteiger partial charge in [-0.15, -0.1) is 11.3 Å². The Morgan fingerprint density at radius 2 is 2.04 bits per heavy atom. The van der Waals surface area contributed by atoms with E-state index >= 15 is 0 Å². The van der Waals surface area contributed by atoms with Crippen LogP contribution >= 0.6 is 11.3 Å². The summed E-state index contributed by atoms with van der Waals surface area (Å²) in [5.41, 5.74) is 0.950. The molecule has 1 N–H and O–H groups in total. The normalized spacial score (nSPS) is 16.6. The van der Waals surface area contributed by atoms with Gasteiger partial charge in [0.05, 0.1) is 11.7 Å². The number of piperidine rings is 1. The largest absolute Gasteiger partial charge is 0.356 e. The van der Waals surface area contributed by atoms with E-state index in [1.807, 2.05) is 13.8 Å². The third-order valence-electron chi connectivity index (χ3n) is 5.40. The number of aromatic nitrogens is 2. The van der Waals surface area contributed by atoms with E-state index in [9.17, 15) is 9.59 Å². The Hall–Kier alpha value is -1.73. The molecule has 27 heavy (non-hydrogen) atoms. The average molecular weight is 391 g/mol. The van der Waals surface area contributed by atoms with Crippen LogP contribution in [0.4, 0.5) is 0 Å². The Morgan fingerprint density at radius 3 is 2.78 bits per heavy atom. The van der Waals surface area contributed by atoms with Crippen LogP contribution in [0.2, 0.25) is 0 Å². The predicted octanol–water partition coefficient (Wildman–Crippen LogP) is 2.70. The van der Waals surface area contributed by atoms with E-state index in [-0.39, 0.29) is 11.5 Å². The number of nitrogens with zero attached hydrogens (tertiary/aromatic N) is 3. The molecule has 6 nitrogen and oxygen atoms in total. The van der Waals surface area contributed by atoms with E-state index in [4.69, 9.17) is 0 Å². The first-order chi connectivity index (χ1) is 13.0. The van der Waals surface area contributed by atoms with E-state index in [2.05, 4.69) is 22.1 Å². The zero-order chi connectivity index (χ0) is 19.4. The van der Waals surface area contributed by atoms with Gasteiger partial charge in [-0.2, -0.15) is 0 Å². The van der Waals surface area contributed by atoms with Crippen molar-refractivity contribution in [2.45, 2.75) is 53.0 Å². The van der Waals surface area contributed by atoms with Crippen molar-refractivity contribution in [3.8, 4) is 0 Å². The molecule has 3 heterocycles. The van der Waals surface area contributed by atoms with Crippen LogP contribution < -0.4 is 10.9 Å². The highest BCUT2D eigenvalue weighted by molar-refractivity contribution is 7.18. The number of fused-ring (bicyclic) bond motifs is 1. The molecule has 7 heteroatoms. The SMILES string of the molecule is Cc1sc2ncn(CCC(=O)NCC(C)CN3CCCCC3)c(=O)c2c1C. The first kappa shape index (κ1) is 20.0. The van der Waals surface area contributed by atoms with Crippen LogP contribution in [0.15, 0.2) is 11.1 Å². The molecule has 3 rings (SSSR count). The lowest BCUT2D eigenvalue weighted by Gasteiger charge is -2.29. The minimum atomic E-state index is -0.0480. The summed E-state index contributed by atoms with van der Waals surface area (Å²) in [6.45, 7) is 10.6. The second-order valence-corrected chi connectivity index (χ2v) is 8.93. The van der Waals surface area contributed by atoms with Gasteiger partial charge < -0.3 is 10.2 Å². The van der Waals surface area contributed by atoms with Crippen molar-refractivity contribution < 1.29 is 4.79 Å². The number of carbonyl (C=O) groups is 1. The number of rotatable bonds is 7. The summed E-state index contributed by atoms with van der Waals surface area (Å²) in [7, 11) is 0. The molecular weight excluding hydrogens is 360 g/mol. The first-order valence-corrected chi connectivity index (χ1v) is 10.7. The number of aryl methyl sites for hydroxylation is 3. The van der Waals surface area contributed by atoms with Gasteiger partial charge in [0.1, 0.15) is 4.83 Å². The third kappa shape index (κ3) is 4.96. The van der Waals surface area contributed by atoms with Gasteiger partial charge in [-0.3, -0.25) is 14.2 Å². The molecule has 148 valence electrons. The van der Waals surface area contributed by atoms with E-state index < -0.39 is 0 Å². The molecule has 1 fully saturated rings. The fourth-order valence-corrected chi connectivity index (χ4v) is 4.66. The van der Waals surface area contributed by atoms with Gasteiger partial charge in [-0.05, 0) is 51.3 Å². The number of hydrogen-bond donors (Lipinski definition) is 1. The molecule has 1 amide bonds. The number of thiophene rings is 1. The van der Waals surface area contributed by atoms with Gasteiger partial charge in [-0.1, -0.05) is 13.3 Å². The molecule has 0 saturated carbocycles. The molecule has 2 aromatic rings. The number of hydrogen-bond acceptors (Lipinski definition) is 5. The monoisotopic (exact) mass is 390 g/mol. The number of carbonyl (C=O) groups excluding carboxylic acids is 1. The number of nitrogens with one attached hydrogen (secondary N) is 1. The quantitative estimate of drug-likeness (QED) is 0.789. The second-order valence-electron chi connectivity index (χ2n) is 7.73. The summed E-state index contributed by atoms with van der Waals surface area (Å²) in [5.74, 6) is 0.426. The molecular formula is C20H30N4O2S. The maximum absolute atomic E-state index is 12.7. The molecule has 1 atom stereocenters. The Kier molecular flexibility index (Phi) is 6.65. The van der Waals surface area contributed by atoms with Crippen LogP contribution in [0.5, 0.6) is 0 Å². The Morgan fingerprint density at radius 1 is 1.30 bits per heavy atom. The van der Waals surface area contributed by atoms with Crippen LogP contribution in [0, 0.1) is 19.8 Å². The molecule has 0 aromatic carbocycles. The van der Waals surface area contributed by atoms with Crippen molar-refractivity contribution >= 4 is 27.5 Å². The Bertz CT molecular complexity index is 852. The number of likely N-dealkylation sites (tertiary alicyclic amines) is 1. The highest BCUT2D eigenvalue weighted by Gasteiger charge is 2.15. The Balaban J connectivity index is 1.49. The lowest BCUT2D eigenvalue weighted by molar-refractivity contribution is -0.121. The highest BCUT2D eigenvalue weighted by Crippen LogP contribution is 2.25. The Labute approximate surface area is 164 Å². The zero-order valence-corrected chi connectivity index (χ0v) is 17.4. The standard InChI is InChI=1S/C20H30N4O2S/c1-14(12-23-8-5-4-6-9-23)11-21-17(25)7-10-24-13-22-19-18(20(24)26)15(2)16(3)27-19/h13-14H,4-12H2,1-3H3,(H,21,25). The van der Waals surface area contributed by atoms with Crippen molar-refractivity contribution in [2.75, 3.05) is 26.2 Å². The second kappa shape index (κ2) is 8.97. The van der Waals surface area contributed by atoms with Crippen LogP contribution in [-0.4, -0.2) is 46.5 Å². The molecule has 1 aliphatic heterocycles. The lowest BCUT2D eigenvalue weighted by atomic mass is 10.1. The van der Waals surface area contributed by atoms with Crippen molar-refractivity contribution in [1.82, 2.24) is 19.8 Å². The smallest absolute Gasteiger partial charge is 0.262 e. The first-order valence-electron chi connectivity index (χ1n) is 9.90. The van der Waals surface area contributed by atoms with E-state index in [1.165, 1.54) is 32.4 Å². The van der Waals surface area contributed by atoms with Gasteiger partial charge in [0.15, 0.2) is 0 Å². The van der Waals surface area contributed by atoms with Crippen molar-refractivity contribution in [3.63, 3.8) is 0 Å². The number of amides is 1. The summed E-state index contributed by atoms with van der Waals surface area (Å²) in [4.78, 5) is 33.6. The van der Waals surface area contributed by atoms with Gasteiger partial charge in [0, 0.05) is 30.9 Å². The summed E-state index contributed by atoms with van der Waals surface area (Å²) in [6.07, 6.45) is 5.77. The molecule has 1 saturated heterocycles. The van der Waals surface area contributed by atoms with Crippen molar-refractivity contribution in [2.24, 2.45) is 5.92 Å². The van der Waals surface area contributed by atoms with Crippen molar-refractivity contribution in [1.29, 1.82) is 0 Å². The summed E-state index contributed by atoms with van der Waals surface area (Å²) in [6, 6.07) is 0. The predicted molar refractivity (Wildman–Crippen MR) is 110 cm³/mol. The fraction of sp³-hybridized carbons (Fsp3) is 0.650. The van der Waals surface area contributed by atoms with Gasteiger partial charge >= 0.3 is 0 Å². The van der Waals surface area contributed by atoms with Crippen LogP contribution in [0.1, 0.15) is 43.0 Å². The molecule has 0 radical (unpaired) electrons. The van der Waals surface area contributed by atoms with E-state index in [1.54, 1.807) is 22.2 Å². The minimum absolute atomic E-state index is 0.00860. The van der Waals surface area contributed by atoms with Gasteiger partial charge in [0.25, 0.3) is 5.56 Å². The maximum atomic E-state index is 12.7. The molecule has 2 aromatic heterocycles. The molecule has 0 spiro atoms. The van der Waals surface area contributed by atoms with E-state index in [0.717, 1.165) is 21.8 Å².